The molecule has 1 amide bonds. The normalized spacial score (nSPS) is 21.2. The van der Waals surface area contributed by atoms with Crippen molar-refractivity contribution < 1.29 is 17.9 Å². The average molecular weight is 324 g/mol. The molecule has 1 atom stereocenters. The molecule has 7 heteroatoms. The second-order valence-electron chi connectivity index (χ2n) is 5.78. The smallest absolute Gasteiger partial charge is 0.240 e. The fourth-order valence-electron chi connectivity index (χ4n) is 2.62. The number of ether oxygens (including phenoxy) is 1. The standard InChI is InChI=1S/C15H20N2O4S/c1-3-16-22(19,20)12-6-7-14-13(8-12)17(9-10(2)21-14)15(18)11-4-5-11/h6-8,10-11,16H,3-5,9H2,1-2H3. The van der Waals surface area contributed by atoms with Gasteiger partial charge in [-0.25, -0.2) is 13.1 Å². The second-order valence-corrected chi connectivity index (χ2v) is 7.55. The van der Waals surface area contributed by atoms with E-state index in [4.69, 9.17) is 4.74 Å². The number of benzene rings is 1. The summed E-state index contributed by atoms with van der Waals surface area (Å²) in [6, 6.07) is 4.66. The first kappa shape index (κ1) is 15.3. The third-order valence-corrected chi connectivity index (χ3v) is 5.37. The minimum absolute atomic E-state index is 0.0643. The summed E-state index contributed by atoms with van der Waals surface area (Å²) in [5.41, 5.74) is 0.550. The first-order valence-corrected chi connectivity index (χ1v) is 9.02. The number of anilines is 1. The molecule has 1 unspecified atom stereocenters. The average Bonchev–Trinajstić information content (AvgIpc) is 3.29. The summed E-state index contributed by atoms with van der Waals surface area (Å²) in [4.78, 5) is 14.3. The first-order chi connectivity index (χ1) is 10.4. The minimum atomic E-state index is -3.55. The fraction of sp³-hybridized carbons (Fsp3) is 0.533. The van der Waals surface area contributed by atoms with Gasteiger partial charge in [0, 0.05) is 12.5 Å². The van der Waals surface area contributed by atoms with Crippen LogP contribution in [0.1, 0.15) is 26.7 Å². The van der Waals surface area contributed by atoms with Crippen LogP contribution in [0.5, 0.6) is 5.75 Å². The highest BCUT2D eigenvalue weighted by molar-refractivity contribution is 7.89. The molecule has 1 heterocycles. The Hall–Kier alpha value is -1.60. The summed E-state index contributed by atoms with van der Waals surface area (Å²) < 4.78 is 32.5. The summed E-state index contributed by atoms with van der Waals surface area (Å²) >= 11 is 0. The number of hydrogen-bond acceptors (Lipinski definition) is 4. The lowest BCUT2D eigenvalue weighted by Crippen LogP contribution is -2.43. The Labute approximate surface area is 130 Å². The number of rotatable bonds is 4. The minimum Gasteiger partial charge on any atom is -0.487 e. The Bertz CT molecular complexity index is 697. The molecule has 0 aromatic heterocycles. The molecule has 1 aliphatic carbocycles. The molecule has 120 valence electrons. The maximum Gasteiger partial charge on any atom is 0.240 e. The molecule has 6 nitrogen and oxygen atoms in total. The lowest BCUT2D eigenvalue weighted by molar-refractivity contribution is -0.120. The van der Waals surface area contributed by atoms with Crippen LogP contribution in [0.25, 0.3) is 0 Å². The van der Waals surface area contributed by atoms with E-state index in [-0.39, 0.29) is 22.8 Å². The van der Waals surface area contributed by atoms with Crippen molar-refractivity contribution in [1.82, 2.24) is 4.72 Å². The highest BCUT2D eigenvalue weighted by Gasteiger charge is 2.37. The lowest BCUT2D eigenvalue weighted by atomic mass is 10.1. The van der Waals surface area contributed by atoms with Crippen molar-refractivity contribution >= 4 is 21.6 Å². The van der Waals surface area contributed by atoms with Crippen LogP contribution < -0.4 is 14.4 Å². The summed E-state index contributed by atoms with van der Waals surface area (Å²) in [5.74, 6) is 0.699. The van der Waals surface area contributed by atoms with Crippen LogP contribution in [0.4, 0.5) is 5.69 Å². The topological polar surface area (TPSA) is 75.7 Å². The summed E-state index contributed by atoms with van der Waals surface area (Å²) in [6.07, 6.45) is 1.72. The van der Waals surface area contributed by atoms with E-state index < -0.39 is 10.0 Å². The quantitative estimate of drug-likeness (QED) is 0.911. The molecule has 1 aromatic rings. The van der Waals surface area contributed by atoms with E-state index in [1.54, 1.807) is 17.9 Å². The molecule has 0 saturated heterocycles. The van der Waals surface area contributed by atoms with Gasteiger partial charge in [0.15, 0.2) is 0 Å². The van der Waals surface area contributed by atoms with Crippen LogP contribution in [0.15, 0.2) is 23.1 Å². The summed E-state index contributed by atoms with van der Waals surface area (Å²) in [6.45, 7) is 4.40. The maximum absolute atomic E-state index is 12.5. The monoisotopic (exact) mass is 324 g/mol. The lowest BCUT2D eigenvalue weighted by Gasteiger charge is -2.33. The van der Waals surface area contributed by atoms with Gasteiger partial charge in [-0.2, -0.15) is 0 Å². The van der Waals surface area contributed by atoms with Gasteiger partial charge in [-0.3, -0.25) is 4.79 Å². The van der Waals surface area contributed by atoms with E-state index in [1.165, 1.54) is 12.1 Å². The van der Waals surface area contributed by atoms with Crippen molar-refractivity contribution in [2.24, 2.45) is 5.92 Å². The van der Waals surface area contributed by atoms with Crippen LogP contribution in [0.3, 0.4) is 0 Å². The SMILES string of the molecule is CCNS(=O)(=O)c1ccc2c(c1)N(C(=O)C1CC1)CC(C)O2. The Morgan fingerprint density at radius 2 is 2.14 bits per heavy atom. The number of carbonyl (C=O) groups is 1. The zero-order chi connectivity index (χ0) is 15.9. The van der Waals surface area contributed by atoms with Gasteiger partial charge >= 0.3 is 0 Å². The molecule has 22 heavy (non-hydrogen) atoms. The van der Waals surface area contributed by atoms with Crippen molar-refractivity contribution in [2.45, 2.75) is 37.7 Å². The molecule has 1 aromatic carbocycles. The highest BCUT2D eigenvalue weighted by atomic mass is 32.2. The van der Waals surface area contributed by atoms with Crippen molar-refractivity contribution in [2.75, 3.05) is 18.0 Å². The van der Waals surface area contributed by atoms with Gasteiger partial charge in [-0.05, 0) is 38.0 Å². The Morgan fingerprint density at radius 3 is 2.77 bits per heavy atom. The number of amides is 1. The molecule has 0 radical (unpaired) electrons. The molecular weight excluding hydrogens is 304 g/mol. The largest absolute Gasteiger partial charge is 0.487 e. The van der Waals surface area contributed by atoms with Gasteiger partial charge < -0.3 is 9.64 Å². The Balaban J connectivity index is 2.01. The number of nitrogens with zero attached hydrogens (tertiary/aromatic N) is 1. The van der Waals surface area contributed by atoms with Crippen LogP contribution in [-0.4, -0.2) is 33.5 Å². The highest BCUT2D eigenvalue weighted by Crippen LogP contribution is 2.39. The van der Waals surface area contributed by atoms with E-state index >= 15 is 0 Å². The summed E-state index contributed by atoms with van der Waals surface area (Å²) in [7, 11) is -3.55. The zero-order valence-electron chi connectivity index (χ0n) is 12.7. The molecule has 0 bridgehead atoms. The van der Waals surface area contributed by atoms with Crippen molar-refractivity contribution in [1.29, 1.82) is 0 Å². The third-order valence-electron chi connectivity index (χ3n) is 3.83. The Kier molecular flexibility index (Phi) is 3.86. The predicted octanol–water partition coefficient (Wildman–Crippen LogP) is 1.51. The van der Waals surface area contributed by atoms with E-state index in [0.29, 0.717) is 24.5 Å². The van der Waals surface area contributed by atoms with Gasteiger partial charge in [0.2, 0.25) is 15.9 Å². The maximum atomic E-state index is 12.5. The predicted molar refractivity (Wildman–Crippen MR) is 82.5 cm³/mol. The number of sulfonamides is 1. The van der Waals surface area contributed by atoms with Crippen molar-refractivity contribution in [3.8, 4) is 5.75 Å². The van der Waals surface area contributed by atoms with Gasteiger partial charge in [0.1, 0.15) is 11.9 Å². The fourth-order valence-corrected chi connectivity index (χ4v) is 3.68. The van der Waals surface area contributed by atoms with Gasteiger partial charge in [-0.1, -0.05) is 6.92 Å². The molecular formula is C15H20N2O4S. The Morgan fingerprint density at radius 1 is 1.41 bits per heavy atom. The van der Waals surface area contributed by atoms with Crippen LogP contribution >= 0.6 is 0 Å². The van der Waals surface area contributed by atoms with E-state index in [2.05, 4.69) is 4.72 Å². The number of hydrogen-bond donors (Lipinski definition) is 1. The third kappa shape index (κ3) is 2.83. The molecule has 3 rings (SSSR count). The molecule has 1 N–H and O–H groups in total. The molecule has 1 fully saturated rings. The number of fused-ring (bicyclic) bond motifs is 1. The van der Waals surface area contributed by atoms with E-state index in [9.17, 15) is 13.2 Å². The zero-order valence-corrected chi connectivity index (χ0v) is 13.5. The van der Waals surface area contributed by atoms with Crippen LogP contribution in [-0.2, 0) is 14.8 Å². The van der Waals surface area contributed by atoms with E-state index in [0.717, 1.165) is 12.8 Å². The van der Waals surface area contributed by atoms with Crippen molar-refractivity contribution in [3.05, 3.63) is 18.2 Å². The molecule has 1 saturated carbocycles. The van der Waals surface area contributed by atoms with Gasteiger partial charge in [-0.15, -0.1) is 0 Å². The number of nitrogens with one attached hydrogen (secondary N) is 1. The number of carbonyl (C=O) groups excluding carboxylic acids is 1. The van der Waals surface area contributed by atoms with Crippen molar-refractivity contribution in [3.63, 3.8) is 0 Å². The summed E-state index contributed by atoms with van der Waals surface area (Å²) in [5, 5.41) is 0. The van der Waals surface area contributed by atoms with Gasteiger partial charge in [0.25, 0.3) is 0 Å². The second kappa shape index (κ2) is 5.55. The van der Waals surface area contributed by atoms with Gasteiger partial charge in [0.05, 0.1) is 17.1 Å². The molecule has 2 aliphatic rings. The molecule has 1 aliphatic heterocycles. The first-order valence-electron chi connectivity index (χ1n) is 7.54. The van der Waals surface area contributed by atoms with Crippen LogP contribution in [0.2, 0.25) is 0 Å². The van der Waals surface area contributed by atoms with Crippen LogP contribution in [0, 0.1) is 5.92 Å². The molecule has 0 spiro atoms. The van der Waals surface area contributed by atoms with E-state index in [1.807, 2.05) is 6.92 Å².